The molecule has 17 heavy (non-hydrogen) atoms. The molecule has 1 N–H and O–H groups in total. The van der Waals surface area contributed by atoms with Gasteiger partial charge in [-0.25, -0.2) is 0 Å². The van der Waals surface area contributed by atoms with E-state index in [1.807, 2.05) is 12.4 Å². The Morgan fingerprint density at radius 1 is 1.41 bits per heavy atom. The van der Waals surface area contributed by atoms with Crippen LogP contribution in [0.1, 0.15) is 44.2 Å². The van der Waals surface area contributed by atoms with Crippen LogP contribution in [0.5, 0.6) is 0 Å². The van der Waals surface area contributed by atoms with Crippen LogP contribution in [0.3, 0.4) is 0 Å². The first-order valence-electron chi connectivity index (χ1n) is 6.48. The van der Waals surface area contributed by atoms with Crippen molar-refractivity contribution in [1.82, 2.24) is 10.3 Å². The molecule has 0 amide bonds. The molecule has 2 nitrogen and oxygen atoms in total. The Bertz CT molecular complexity index is 367. The van der Waals surface area contributed by atoms with Crippen molar-refractivity contribution in [2.45, 2.75) is 38.6 Å². The molecule has 0 radical (unpaired) electrons. The summed E-state index contributed by atoms with van der Waals surface area (Å²) in [5.41, 5.74) is 1.31. The van der Waals surface area contributed by atoms with E-state index in [0.29, 0.717) is 6.04 Å². The average molecular weight is 297 g/mol. The summed E-state index contributed by atoms with van der Waals surface area (Å²) >= 11 is 3.51. The Morgan fingerprint density at radius 3 is 2.88 bits per heavy atom. The molecule has 0 bridgehead atoms. The predicted octanol–water partition coefficient (Wildman–Crippen LogP) is 3.93. The zero-order valence-corrected chi connectivity index (χ0v) is 12.2. The number of aromatic nitrogens is 1. The van der Waals surface area contributed by atoms with Gasteiger partial charge in [-0.3, -0.25) is 4.98 Å². The first-order chi connectivity index (χ1) is 8.20. The Labute approximate surface area is 112 Å². The molecular formula is C14H21BrN2. The number of nitrogens with one attached hydrogen (secondary N) is 1. The van der Waals surface area contributed by atoms with Crippen molar-refractivity contribution < 1.29 is 0 Å². The Balaban J connectivity index is 2.15. The lowest BCUT2D eigenvalue weighted by Crippen LogP contribution is -2.29. The Kier molecular flexibility index (Phi) is 4.57. The maximum Gasteiger partial charge on any atom is 0.0410 e. The molecule has 1 aliphatic rings. The van der Waals surface area contributed by atoms with Gasteiger partial charge in [0, 0.05) is 22.9 Å². The zero-order chi connectivity index (χ0) is 12.3. The fraction of sp³-hybridized carbons (Fsp3) is 0.643. The van der Waals surface area contributed by atoms with Crippen molar-refractivity contribution in [3.63, 3.8) is 0 Å². The zero-order valence-electron chi connectivity index (χ0n) is 10.6. The number of nitrogens with zero attached hydrogens (tertiary/aromatic N) is 1. The number of pyridine rings is 1. The van der Waals surface area contributed by atoms with Gasteiger partial charge in [-0.1, -0.05) is 19.8 Å². The highest BCUT2D eigenvalue weighted by molar-refractivity contribution is 9.10. The number of rotatable bonds is 3. The van der Waals surface area contributed by atoms with E-state index in [0.717, 1.165) is 16.3 Å². The molecule has 3 heteroatoms. The van der Waals surface area contributed by atoms with Gasteiger partial charge in [-0.2, -0.15) is 0 Å². The smallest absolute Gasteiger partial charge is 0.0410 e. The van der Waals surface area contributed by atoms with E-state index in [2.05, 4.69) is 46.3 Å². The lowest BCUT2D eigenvalue weighted by molar-refractivity contribution is 0.229. The largest absolute Gasteiger partial charge is 0.313 e. The fourth-order valence-corrected chi connectivity index (χ4v) is 3.44. The van der Waals surface area contributed by atoms with E-state index in [1.54, 1.807) is 0 Å². The van der Waals surface area contributed by atoms with Crippen molar-refractivity contribution in [3.8, 4) is 0 Å². The normalized spacial score (nSPS) is 26.8. The van der Waals surface area contributed by atoms with E-state index >= 15 is 0 Å². The summed E-state index contributed by atoms with van der Waals surface area (Å²) in [5, 5.41) is 3.48. The van der Waals surface area contributed by atoms with Gasteiger partial charge in [0.25, 0.3) is 0 Å². The van der Waals surface area contributed by atoms with E-state index in [-0.39, 0.29) is 0 Å². The second-order valence-electron chi connectivity index (χ2n) is 5.23. The van der Waals surface area contributed by atoms with Crippen LogP contribution < -0.4 is 5.32 Å². The lowest BCUT2D eigenvalue weighted by Gasteiger charge is -2.33. The minimum Gasteiger partial charge on any atom is -0.313 e. The molecule has 1 aliphatic carbocycles. The van der Waals surface area contributed by atoms with Crippen LogP contribution in [0.25, 0.3) is 0 Å². The second kappa shape index (κ2) is 5.96. The number of hydrogen-bond donors (Lipinski definition) is 1. The van der Waals surface area contributed by atoms with Crippen LogP contribution in [-0.4, -0.2) is 12.0 Å². The highest BCUT2D eigenvalue weighted by Crippen LogP contribution is 2.37. The van der Waals surface area contributed by atoms with Gasteiger partial charge < -0.3 is 5.32 Å². The van der Waals surface area contributed by atoms with Gasteiger partial charge >= 0.3 is 0 Å². The summed E-state index contributed by atoms with van der Waals surface area (Å²) in [7, 11) is 2.06. The number of hydrogen-bond acceptors (Lipinski definition) is 2. The van der Waals surface area contributed by atoms with Gasteiger partial charge in [0.1, 0.15) is 0 Å². The minimum atomic E-state index is 0.447. The van der Waals surface area contributed by atoms with Crippen LogP contribution >= 0.6 is 15.9 Å². The molecule has 0 aromatic carbocycles. The van der Waals surface area contributed by atoms with E-state index < -0.39 is 0 Å². The predicted molar refractivity (Wildman–Crippen MR) is 74.9 cm³/mol. The minimum absolute atomic E-state index is 0.447. The van der Waals surface area contributed by atoms with Crippen LogP contribution in [0.15, 0.2) is 22.9 Å². The summed E-state index contributed by atoms with van der Waals surface area (Å²) in [6.45, 7) is 2.37. The van der Waals surface area contributed by atoms with Crippen molar-refractivity contribution in [2.24, 2.45) is 11.8 Å². The van der Waals surface area contributed by atoms with Gasteiger partial charge in [-0.15, -0.1) is 0 Å². The molecular weight excluding hydrogens is 276 g/mol. The molecule has 0 saturated heterocycles. The van der Waals surface area contributed by atoms with Gasteiger partial charge in [0.15, 0.2) is 0 Å². The third-order valence-electron chi connectivity index (χ3n) is 3.84. The molecule has 2 rings (SSSR count). The summed E-state index contributed by atoms with van der Waals surface area (Å²) in [4.78, 5) is 4.28. The Hall–Kier alpha value is -0.410. The lowest BCUT2D eigenvalue weighted by atomic mass is 9.77. The molecule has 0 aliphatic heterocycles. The summed E-state index contributed by atoms with van der Waals surface area (Å²) in [5.74, 6) is 1.62. The van der Waals surface area contributed by atoms with E-state index in [4.69, 9.17) is 0 Å². The fourth-order valence-electron chi connectivity index (χ4n) is 3.06. The van der Waals surface area contributed by atoms with Crippen LogP contribution in [-0.2, 0) is 0 Å². The van der Waals surface area contributed by atoms with Crippen LogP contribution in [0, 0.1) is 11.8 Å². The third-order valence-corrected chi connectivity index (χ3v) is 4.28. The quantitative estimate of drug-likeness (QED) is 0.914. The van der Waals surface area contributed by atoms with Crippen molar-refractivity contribution in [2.75, 3.05) is 7.05 Å². The summed E-state index contributed by atoms with van der Waals surface area (Å²) in [6.07, 6.45) is 9.26. The maximum atomic E-state index is 4.28. The third kappa shape index (κ3) is 3.29. The molecule has 1 aromatic heterocycles. The molecule has 94 valence electrons. The van der Waals surface area contributed by atoms with Crippen molar-refractivity contribution in [1.29, 1.82) is 0 Å². The van der Waals surface area contributed by atoms with Gasteiger partial charge in [0.2, 0.25) is 0 Å². The van der Waals surface area contributed by atoms with E-state index in [9.17, 15) is 0 Å². The standard InChI is InChI=1S/C14H21BrN2/c1-10-4-3-5-11(6-10)14(16-2)12-7-13(15)9-17-8-12/h7-11,14,16H,3-6H2,1-2H3. The Morgan fingerprint density at radius 2 is 2.24 bits per heavy atom. The molecule has 1 heterocycles. The molecule has 1 saturated carbocycles. The topological polar surface area (TPSA) is 24.9 Å². The van der Waals surface area contributed by atoms with Crippen molar-refractivity contribution in [3.05, 3.63) is 28.5 Å². The first-order valence-corrected chi connectivity index (χ1v) is 7.27. The summed E-state index contributed by atoms with van der Waals surface area (Å²) < 4.78 is 1.07. The number of halogens is 1. The van der Waals surface area contributed by atoms with Gasteiger partial charge in [-0.05, 0) is 59.3 Å². The van der Waals surface area contributed by atoms with E-state index in [1.165, 1.54) is 31.2 Å². The molecule has 0 spiro atoms. The first kappa shape index (κ1) is 13.0. The average Bonchev–Trinajstić information content (AvgIpc) is 2.30. The maximum absolute atomic E-state index is 4.28. The monoisotopic (exact) mass is 296 g/mol. The highest BCUT2D eigenvalue weighted by Gasteiger charge is 2.26. The summed E-state index contributed by atoms with van der Waals surface area (Å²) in [6, 6.07) is 2.63. The van der Waals surface area contributed by atoms with Crippen LogP contribution in [0.2, 0.25) is 0 Å². The van der Waals surface area contributed by atoms with Gasteiger partial charge in [0.05, 0.1) is 0 Å². The highest BCUT2D eigenvalue weighted by atomic mass is 79.9. The molecule has 1 fully saturated rings. The van der Waals surface area contributed by atoms with Crippen molar-refractivity contribution >= 4 is 15.9 Å². The second-order valence-corrected chi connectivity index (χ2v) is 6.15. The molecule has 1 aromatic rings. The SMILES string of the molecule is CNC(c1cncc(Br)c1)C1CCCC(C)C1. The van der Waals surface area contributed by atoms with Crippen LogP contribution in [0.4, 0.5) is 0 Å². The molecule has 3 unspecified atom stereocenters. The molecule has 3 atom stereocenters.